The first kappa shape index (κ1) is 25.2. The Kier molecular flexibility index (Phi) is 15.3. The third kappa shape index (κ3) is 14.2. The predicted octanol–water partition coefficient (Wildman–Crippen LogP) is 5.64. The molecule has 0 bridgehead atoms. The van der Waals surface area contributed by atoms with Crippen LogP contribution in [0.15, 0.2) is 12.2 Å². The van der Waals surface area contributed by atoms with Gasteiger partial charge in [-0.3, -0.25) is 4.79 Å². The molecule has 3 unspecified atom stereocenters. The van der Waals surface area contributed by atoms with Crippen LogP contribution in [0.25, 0.3) is 0 Å². The fourth-order valence-corrected chi connectivity index (χ4v) is 3.66. The first-order chi connectivity index (χ1) is 13.7. The minimum absolute atomic E-state index is 0.182. The summed E-state index contributed by atoms with van der Waals surface area (Å²) in [5, 5.41) is 2.99. The Bertz CT molecular complexity index is 411. The summed E-state index contributed by atoms with van der Waals surface area (Å²) in [7, 11) is 0. The van der Waals surface area contributed by atoms with Gasteiger partial charge in [-0.15, -0.1) is 0 Å². The lowest BCUT2D eigenvalue weighted by Gasteiger charge is -2.10. The van der Waals surface area contributed by atoms with Crippen LogP contribution in [0, 0.1) is 0 Å². The molecular weight excluding hydrogens is 348 g/mol. The van der Waals surface area contributed by atoms with Gasteiger partial charge in [-0.2, -0.15) is 0 Å². The fraction of sp³-hybridized carbons (Fsp3) is 0.875. The van der Waals surface area contributed by atoms with E-state index in [9.17, 15) is 4.79 Å². The number of unbranched alkanes of at least 4 members (excludes halogenated alkanes) is 7. The molecule has 164 valence electrons. The maximum Gasteiger partial charge on any atom is 0.219 e. The quantitative estimate of drug-likeness (QED) is 0.169. The van der Waals surface area contributed by atoms with Gasteiger partial charge in [0.05, 0.1) is 12.2 Å². The number of carbonyl (C=O) groups excluding carboxylic acids is 1. The maximum atomic E-state index is 11.8. The zero-order valence-corrected chi connectivity index (χ0v) is 18.6. The van der Waals surface area contributed by atoms with Gasteiger partial charge in [0.1, 0.15) is 0 Å². The third-order valence-corrected chi connectivity index (χ3v) is 5.59. The number of nitrogens with one attached hydrogen (secondary N) is 1. The molecule has 1 aliphatic heterocycles. The van der Waals surface area contributed by atoms with E-state index in [4.69, 9.17) is 10.5 Å². The molecule has 0 saturated carbocycles. The Balaban J connectivity index is 1.81. The van der Waals surface area contributed by atoms with E-state index in [0.29, 0.717) is 18.6 Å². The summed E-state index contributed by atoms with van der Waals surface area (Å²) in [6.07, 6.45) is 22.7. The Labute approximate surface area is 174 Å². The lowest BCUT2D eigenvalue weighted by molar-refractivity contribution is -0.121. The molecule has 4 nitrogen and oxygen atoms in total. The van der Waals surface area contributed by atoms with Gasteiger partial charge in [0.25, 0.3) is 0 Å². The number of epoxide rings is 1. The summed E-state index contributed by atoms with van der Waals surface area (Å²) in [5.74, 6) is 0.182. The molecular formula is C24H46N2O2. The molecule has 4 heteroatoms. The number of nitrogens with two attached hydrogens (primary N) is 1. The zero-order valence-electron chi connectivity index (χ0n) is 18.6. The van der Waals surface area contributed by atoms with Gasteiger partial charge in [0.15, 0.2) is 0 Å². The van der Waals surface area contributed by atoms with Gasteiger partial charge in [0.2, 0.25) is 5.91 Å². The van der Waals surface area contributed by atoms with E-state index in [2.05, 4.69) is 31.3 Å². The largest absolute Gasteiger partial charge is 0.369 e. The summed E-state index contributed by atoms with van der Waals surface area (Å²) >= 11 is 0. The highest BCUT2D eigenvalue weighted by atomic mass is 16.6. The number of hydrogen-bond acceptors (Lipinski definition) is 3. The second-order valence-electron chi connectivity index (χ2n) is 8.41. The second-order valence-corrected chi connectivity index (χ2v) is 8.41. The molecule has 1 amide bonds. The lowest BCUT2D eigenvalue weighted by atomic mass is 10.1. The normalized spacial score (nSPS) is 19.8. The monoisotopic (exact) mass is 394 g/mol. The molecule has 0 aromatic carbocycles. The topological polar surface area (TPSA) is 67.7 Å². The Morgan fingerprint density at radius 3 is 2.54 bits per heavy atom. The molecule has 1 aliphatic rings. The summed E-state index contributed by atoms with van der Waals surface area (Å²) in [6, 6.07) is 0.225. The standard InChI is InChI=1S/C24H46N2O2/c1-3-5-12-16-22-23(28-22)17-13-10-8-6-7-9-11-14-18-24(27)26-20-19-21(25)15-4-2/h10,13,21-23H,3-9,11-12,14-20,25H2,1-2H3,(H,26,27). The SMILES string of the molecule is CCCCCC1OC1CC=CCCCCCCCC(=O)NCCC(N)CCC. The Morgan fingerprint density at radius 1 is 0.964 bits per heavy atom. The van der Waals surface area contributed by atoms with Crippen LogP contribution in [0.1, 0.15) is 110 Å². The molecule has 0 spiro atoms. The lowest BCUT2D eigenvalue weighted by Crippen LogP contribution is -2.30. The maximum absolute atomic E-state index is 11.8. The molecule has 0 aromatic rings. The molecule has 28 heavy (non-hydrogen) atoms. The van der Waals surface area contributed by atoms with Crippen molar-refractivity contribution in [2.45, 2.75) is 128 Å². The molecule has 1 saturated heterocycles. The van der Waals surface area contributed by atoms with Crippen LogP contribution in [-0.2, 0) is 9.53 Å². The number of hydrogen-bond donors (Lipinski definition) is 2. The van der Waals surface area contributed by atoms with Crippen LogP contribution < -0.4 is 11.1 Å². The van der Waals surface area contributed by atoms with Crippen LogP contribution in [0.5, 0.6) is 0 Å². The van der Waals surface area contributed by atoms with E-state index in [1.54, 1.807) is 0 Å². The molecule has 1 heterocycles. The van der Waals surface area contributed by atoms with Crippen molar-refractivity contribution in [1.29, 1.82) is 0 Å². The van der Waals surface area contributed by atoms with Crippen LogP contribution in [-0.4, -0.2) is 30.7 Å². The van der Waals surface area contributed by atoms with E-state index in [0.717, 1.165) is 45.1 Å². The number of allylic oxidation sites excluding steroid dienone is 1. The molecule has 1 rings (SSSR count). The van der Waals surface area contributed by atoms with Crippen molar-refractivity contribution in [3.63, 3.8) is 0 Å². The molecule has 1 fully saturated rings. The average Bonchev–Trinajstić information content (AvgIpc) is 3.42. The number of rotatable bonds is 19. The van der Waals surface area contributed by atoms with Crippen molar-refractivity contribution in [1.82, 2.24) is 5.32 Å². The highest BCUT2D eigenvalue weighted by Gasteiger charge is 2.36. The molecule has 0 aliphatic carbocycles. The van der Waals surface area contributed by atoms with E-state index >= 15 is 0 Å². The van der Waals surface area contributed by atoms with E-state index in [1.807, 2.05) is 0 Å². The Hall–Kier alpha value is -0.870. The highest BCUT2D eigenvalue weighted by Crippen LogP contribution is 2.30. The van der Waals surface area contributed by atoms with E-state index in [-0.39, 0.29) is 11.9 Å². The smallest absolute Gasteiger partial charge is 0.219 e. The number of amides is 1. The van der Waals surface area contributed by atoms with Crippen molar-refractivity contribution in [3.05, 3.63) is 12.2 Å². The summed E-state index contributed by atoms with van der Waals surface area (Å²) in [5.41, 5.74) is 5.95. The third-order valence-electron chi connectivity index (χ3n) is 5.59. The summed E-state index contributed by atoms with van der Waals surface area (Å²) in [6.45, 7) is 5.11. The van der Waals surface area contributed by atoms with Gasteiger partial charge in [0, 0.05) is 19.0 Å². The minimum Gasteiger partial charge on any atom is -0.369 e. The van der Waals surface area contributed by atoms with Crippen LogP contribution in [0.2, 0.25) is 0 Å². The van der Waals surface area contributed by atoms with Gasteiger partial charge < -0.3 is 15.8 Å². The zero-order chi connectivity index (χ0) is 20.5. The van der Waals surface area contributed by atoms with Crippen LogP contribution in [0.4, 0.5) is 0 Å². The van der Waals surface area contributed by atoms with Crippen LogP contribution >= 0.6 is 0 Å². The molecule has 0 radical (unpaired) electrons. The average molecular weight is 395 g/mol. The van der Waals surface area contributed by atoms with Crippen LogP contribution in [0.3, 0.4) is 0 Å². The van der Waals surface area contributed by atoms with Gasteiger partial charge in [-0.1, -0.05) is 70.9 Å². The molecule has 3 atom stereocenters. The van der Waals surface area contributed by atoms with Crippen molar-refractivity contribution in [3.8, 4) is 0 Å². The van der Waals surface area contributed by atoms with E-state index in [1.165, 1.54) is 51.4 Å². The highest BCUT2D eigenvalue weighted by molar-refractivity contribution is 5.75. The summed E-state index contributed by atoms with van der Waals surface area (Å²) < 4.78 is 5.71. The van der Waals surface area contributed by atoms with Crippen molar-refractivity contribution in [2.75, 3.05) is 6.54 Å². The number of ether oxygens (including phenoxy) is 1. The van der Waals surface area contributed by atoms with E-state index < -0.39 is 0 Å². The fourth-order valence-electron chi connectivity index (χ4n) is 3.66. The van der Waals surface area contributed by atoms with Gasteiger partial charge >= 0.3 is 0 Å². The van der Waals surface area contributed by atoms with Gasteiger partial charge in [-0.25, -0.2) is 0 Å². The first-order valence-corrected chi connectivity index (χ1v) is 12.0. The first-order valence-electron chi connectivity index (χ1n) is 12.0. The second kappa shape index (κ2) is 17.0. The number of carbonyl (C=O) groups is 1. The van der Waals surface area contributed by atoms with Crippen molar-refractivity contribution >= 4 is 5.91 Å². The van der Waals surface area contributed by atoms with Crippen molar-refractivity contribution in [2.24, 2.45) is 5.73 Å². The molecule has 0 aromatic heterocycles. The predicted molar refractivity (Wildman–Crippen MR) is 119 cm³/mol. The minimum atomic E-state index is 0.182. The molecule has 3 N–H and O–H groups in total. The van der Waals surface area contributed by atoms with Crippen molar-refractivity contribution < 1.29 is 9.53 Å². The Morgan fingerprint density at radius 2 is 1.75 bits per heavy atom. The van der Waals surface area contributed by atoms with Gasteiger partial charge in [-0.05, 0) is 44.9 Å². The summed E-state index contributed by atoms with van der Waals surface area (Å²) in [4.78, 5) is 11.8.